The molecule has 8 rings (SSSR count). The Bertz CT molecular complexity index is 1730. The minimum absolute atomic E-state index is 0.150. The quantitative estimate of drug-likeness (QED) is 0.220. The van der Waals surface area contributed by atoms with E-state index in [0.717, 1.165) is 66.6 Å². The number of hydrogen-bond donors (Lipinski definition) is 0. The smallest absolute Gasteiger partial charge is 0.414 e. The first kappa shape index (κ1) is 28.3. The average molecular weight is 602 g/mol. The van der Waals surface area contributed by atoms with Gasteiger partial charge in [-0.1, -0.05) is 60.7 Å². The fraction of sp³-hybridized carbons (Fsp3) is 0.459. The molecule has 0 unspecified atom stereocenters. The number of amides is 1. The highest BCUT2D eigenvalue weighted by Gasteiger charge is 2.61. The van der Waals surface area contributed by atoms with Crippen molar-refractivity contribution in [2.45, 2.75) is 99.8 Å². The van der Waals surface area contributed by atoms with Crippen molar-refractivity contribution < 1.29 is 14.3 Å². The van der Waals surface area contributed by atoms with Crippen molar-refractivity contribution in [1.82, 2.24) is 0 Å². The van der Waals surface area contributed by atoms with Crippen LogP contribution in [0.25, 0.3) is 0 Å². The fourth-order valence-corrected chi connectivity index (χ4v) is 8.97. The number of hydrogen-bond acceptors (Lipinski definition) is 7. The number of ether oxygens (including phenoxy) is 2. The van der Waals surface area contributed by atoms with E-state index in [1.807, 2.05) is 60.5 Å². The SMILES string of the molecule is CN1c2cccc3c2[C@@](N=N[C@]24CCC[C@H]2N(C(=O)OCc2ccccc2)c2ccccc24)(CCC[C@@H]3[C@H]2OC2(C)C)[C@H]1C#N. The molecule has 0 bridgehead atoms. The van der Waals surface area contributed by atoms with Crippen LogP contribution in [0.4, 0.5) is 16.2 Å². The molecule has 1 amide bonds. The second-order valence-electron chi connectivity index (χ2n) is 13.9. The summed E-state index contributed by atoms with van der Waals surface area (Å²) in [5.41, 5.74) is 4.58. The summed E-state index contributed by atoms with van der Waals surface area (Å²) in [6.07, 6.45) is 4.95. The number of azo groups is 1. The van der Waals surface area contributed by atoms with Crippen molar-refractivity contribution in [3.05, 3.63) is 95.1 Å². The average Bonchev–Trinajstić information content (AvgIpc) is 3.30. The van der Waals surface area contributed by atoms with E-state index < -0.39 is 17.1 Å². The van der Waals surface area contributed by atoms with E-state index in [4.69, 9.17) is 19.7 Å². The van der Waals surface area contributed by atoms with E-state index in [2.05, 4.69) is 49.1 Å². The van der Waals surface area contributed by atoms with Crippen LogP contribution in [0.3, 0.4) is 0 Å². The van der Waals surface area contributed by atoms with Crippen molar-refractivity contribution in [2.75, 3.05) is 16.8 Å². The molecule has 0 spiro atoms. The lowest BCUT2D eigenvalue weighted by molar-refractivity contribution is 0.143. The maximum absolute atomic E-state index is 13.8. The second-order valence-corrected chi connectivity index (χ2v) is 13.9. The van der Waals surface area contributed by atoms with Crippen LogP contribution < -0.4 is 9.80 Å². The fourth-order valence-electron chi connectivity index (χ4n) is 8.97. The Morgan fingerprint density at radius 2 is 1.64 bits per heavy atom. The summed E-state index contributed by atoms with van der Waals surface area (Å²) in [5.74, 6) is 0.248. The highest BCUT2D eigenvalue weighted by atomic mass is 16.6. The Morgan fingerprint density at radius 3 is 2.42 bits per heavy atom. The van der Waals surface area contributed by atoms with Crippen LogP contribution in [-0.2, 0) is 27.2 Å². The zero-order valence-corrected chi connectivity index (χ0v) is 26.1. The molecule has 2 aliphatic carbocycles. The van der Waals surface area contributed by atoms with Gasteiger partial charge < -0.3 is 14.4 Å². The topological polar surface area (TPSA) is 93.8 Å². The first-order valence-electron chi connectivity index (χ1n) is 16.3. The van der Waals surface area contributed by atoms with Crippen LogP contribution >= 0.6 is 0 Å². The van der Waals surface area contributed by atoms with Gasteiger partial charge in [0, 0.05) is 29.8 Å². The molecule has 45 heavy (non-hydrogen) atoms. The number of benzene rings is 3. The number of rotatable bonds is 5. The largest absolute Gasteiger partial charge is 0.444 e. The van der Waals surface area contributed by atoms with Crippen molar-refractivity contribution in [1.29, 1.82) is 5.26 Å². The maximum Gasteiger partial charge on any atom is 0.414 e. The number of likely N-dealkylation sites (N-methyl/N-ethyl adjacent to an activating group) is 1. The van der Waals surface area contributed by atoms with Gasteiger partial charge in [0.25, 0.3) is 0 Å². The van der Waals surface area contributed by atoms with Crippen molar-refractivity contribution >= 4 is 17.5 Å². The van der Waals surface area contributed by atoms with Gasteiger partial charge in [-0.25, -0.2) is 4.79 Å². The molecule has 6 atom stereocenters. The Morgan fingerprint density at radius 1 is 0.956 bits per heavy atom. The number of nitrogens with zero attached hydrogens (tertiary/aromatic N) is 5. The summed E-state index contributed by atoms with van der Waals surface area (Å²) in [4.78, 5) is 17.7. The molecular formula is C37H39N5O3. The van der Waals surface area contributed by atoms with E-state index in [0.29, 0.717) is 0 Å². The second kappa shape index (κ2) is 10.1. The van der Waals surface area contributed by atoms with Crippen LogP contribution in [0, 0.1) is 11.3 Å². The van der Waals surface area contributed by atoms with Crippen molar-refractivity contribution in [2.24, 2.45) is 10.2 Å². The monoisotopic (exact) mass is 601 g/mol. The van der Waals surface area contributed by atoms with Crippen LogP contribution in [-0.4, -0.2) is 36.9 Å². The molecule has 5 aliphatic rings. The normalized spacial score (nSPS) is 32.0. The van der Waals surface area contributed by atoms with Crippen LogP contribution in [0.15, 0.2) is 83.0 Å². The highest BCUT2D eigenvalue weighted by molar-refractivity contribution is 5.92. The van der Waals surface area contributed by atoms with E-state index >= 15 is 0 Å². The van der Waals surface area contributed by atoms with Gasteiger partial charge in [-0.2, -0.15) is 15.5 Å². The van der Waals surface area contributed by atoms with Crippen molar-refractivity contribution in [3.63, 3.8) is 0 Å². The number of fused-ring (bicyclic) bond motifs is 3. The Hall–Kier alpha value is -4.22. The summed E-state index contributed by atoms with van der Waals surface area (Å²) in [5, 5.41) is 21.4. The molecular weight excluding hydrogens is 562 g/mol. The maximum atomic E-state index is 13.8. The number of nitriles is 1. The molecule has 3 aromatic carbocycles. The molecule has 3 aliphatic heterocycles. The molecule has 0 aromatic heterocycles. The third-order valence-electron chi connectivity index (χ3n) is 11.1. The van der Waals surface area contributed by atoms with Crippen molar-refractivity contribution in [3.8, 4) is 6.07 Å². The summed E-state index contributed by atoms with van der Waals surface area (Å²) in [7, 11) is 2.01. The van der Waals surface area contributed by atoms with Crippen LogP contribution in [0.1, 0.15) is 80.5 Å². The van der Waals surface area contributed by atoms with Gasteiger partial charge >= 0.3 is 6.09 Å². The van der Waals surface area contributed by atoms with E-state index in [1.165, 1.54) is 5.56 Å². The summed E-state index contributed by atoms with van der Waals surface area (Å²) < 4.78 is 12.1. The zero-order valence-electron chi connectivity index (χ0n) is 26.1. The number of carbonyl (C=O) groups excluding carboxylic acids is 1. The Balaban J connectivity index is 1.21. The summed E-state index contributed by atoms with van der Waals surface area (Å²) in [6.45, 7) is 4.54. The molecule has 8 nitrogen and oxygen atoms in total. The lowest BCUT2D eigenvalue weighted by atomic mass is 9.80. The minimum atomic E-state index is -0.804. The summed E-state index contributed by atoms with van der Waals surface area (Å²) >= 11 is 0. The predicted octanol–water partition coefficient (Wildman–Crippen LogP) is 7.73. The Labute approximate surface area is 264 Å². The number of carbonyl (C=O) groups is 1. The van der Waals surface area contributed by atoms with Gasteiger partial charge in [-0.3, -0.25) is 4.90 Å². The first-order valence-corrected chi connectivity index (χ1v) is 16.3. The lowest BCUT2D eigenvalue weighted by Gasteiger charge is -2.33. The van der Waals surface area contributed by atoms with Gasteiger partial charge in [0.15, 0.2) is 0 Å². The van der Waals surface area contributed by atoms with Crippen LogP contribution in [0.2, 0.25) is 0 Å². The molecule has 0 N–H and O–H groups in total. The molecule has 8 heteroatoms. The third-order valence-corrected chi connectivity index (χ3v) is 11.1. The van der Waals surface area contributed by atoms with E-state index in [1.54, 1.807) is 0 Å². The van der Waals surface area contributed by atoms with E-state index in [9.17, 15) is 10.1 Å². The first-order chi connectivity index (χ1) is 21.8. The molecule has 1 saturated carbocycles. The number of anilines is 2. The molecule has 230 valence electrons. The summed E-state index contributed by atoms with van der Waals surface area (Å²) in [6, 6.07) is 26.2. The van der Waals surface area contributed by atoms with Gasteiger partial charge in [0.05, 0.1) is 29.5 Å². The Kier molecular flexibility index (Phi) is 6.37. The number of epoxide rings is 1. The van der Waals surface area contributed by atoms with Gasteiger partial charge in [0.2, 0.25) is 0 Å². The van der Waals surface area contributed by atoms with Gasteiger partial charge in [0.1, 0.15) is 23.7 Å². The standard InChI is InChI=1S/C37H39N5O3/c1-35(2)33(45-35)26-15-10-21-37(31(22-38)41(3)29-18-9-14-25(26)32(29)37)40-39-36-20-11-19-30(36)42(28-17-8-7-16-27(28)36)34(43)44-23-24-12-5-4-6-13-24/h4-9,12-14,16-18,26,30-31,33H,10-11,15,19-21,23H2,1-3H3/t26-,30+,31+,33+,36-,37+/m0/s1. The predicted molar refractivity (Wildman–Crippen MR) is 171 cm³/mol. The number of para-hydroxylation sites is 1. The molecule has 0 radical (unpaired) electrons. The van der Waals surface area contributed by atoms with Gasteiger partial charge in [-0.15, -0.1) is 0 Å². The molecule has 3 aromatic rings. The van der Waals surface area contributed by atoms with E-state index in [-0.39, 0.29) is 36.4 Å². The molecule has 2 fully saturated rings. The lowest BCUT2D eigenvalue weighted by Crippen LogP contribution is -2.44. The third kappa shape index (κ3) is 4.09. The molecule has 3 heterocycles. The molecule has 1 saturated heterocycles. The van der Waals surface area contributed by atoms with Gasteiger partial charge in [-0.05, 0) is 75.6 Å². The zero-order chi connectivity index (χ0) is 31.0. The van der Waals surface area contributed by atoms with Crippen LogP contribution in [0.5, 0.6) is 0 Å². The minimum Gasteiger partial charge on any atom is -0.444 e. The highest BCUT2D eigenvalue weighted by Crippen LogP contribution is 2.60.